The Kier molecular flexibility index (Phi) is 13.0. The highest BCUT2D eigenvalue weighted by Crippen LogP contribution is 2.42. The van der Waals surface area contributed by atoms with Gasteiger partial charge in [-0.25, -0.2) is 19.8 Å². The van der Waals surface area contributed by atoms with Crippen molar-refractivity contribution in [1.29, 1.82) is 5.26 Å². The normalized spacial score (nSPS) is 11.0. The third-order valence-electron chi connectivity index (χ3n) is 8.30. The van der Waals surface area contributed by atoms with Crippen LogP contribution in [0, 0.1) is 25.2 Å². The van der Waals surface area contributed by atoms with Crippen molar-refractivity contribution in [2.45, 2.75) is 53.4 Å². The summed E-state index contributed by atoms with van der Waals surface area (Å²) in [5.41, 5.74) is 2.99. The third-order valence-corrected chi connectivity index (χ3v) is 9.78. The highest BCUT2D eigenvalue weighted by atomic mass is 35.5. The molecule has 306 valence electrons. The second-order valence-corrected chi connectivity index (χ2v) is 14.5. The zero-order chi connectivity index (χ0) is 43.6. The van der Waals surface area contributed by atoms with Gasteiger partial charge in [0.15, 0.2) is 11.5 Å². The van der Waals surface area contributed by atoms with Crippen LogP contribution in [0.15, 0.2) is 53.0 Å². The molecule has 0 saturated heterocycles. The van der Waals surface area contributed by atoms with Gasteiger partial charge in [-0.05, 0) is 48.9 Å². The van der Waals surface area contributed by atoms with Crippen LogP contribution in [0.4, 0.5) is 5.82 Å². The monoisotopic (exact) mass is 886 g/mol. The third kappa shape index (κ3) is 9.13. The predicted octanol–water partition coefficient (Wildman–Crippen LogP) is 4.52. The van der Waals surface area contributed by atoms with Crippen LogP contribution in [0.3, 0.4) is 0 Å². The molecule has 0 bridgehead atoms. The number of benzene rings is 2. The van der Waals surface area contributed by atoms with Crippen molar-refractivity contribution >= 4 is 52.2 Å². The number of aromatic amines is 4. The van der Waals surface area contributed by atoms with Gasteiger partial charge in [-0.2, -0.15) is 14.6 Å². The Bertz CT molecular complexity index is 3050. The van der Waals surface area contributed by atoms with Gasteiger partial charge in [0.1, 0.15) is 6.07 Å². The lowest BCUT2D eigenvalue weighted by Crippen LogP contribution is -2.33. The van der Waals surface area contributed by atoms with Gasteiger partial charge in [-0.1, -0.05) is 74.1 Å². The van der Waals surface area contributed by atoms with Gasteiger partial charge in [0, 0.05) is 23.3 Å². The quantitative estimate of drug-likeness (QED) is 0.140. The number of H-pyrrole nitrogens is 4. The Morgan fingerprint density at radius 2 is 1.07 bits per heavy atom. The molecule has 6 N–H and O–H groups in total. The maximum atomic E-state index is 12.2. The fraction of sp³-hybridized carbons (Fsp3) is 0.229. The molecule has 24 heteroatoms. The van der Waals surface area contributed by atoms with Crippen molar-refractivity contribution in [3.05, 3.63) is 135 Å². The molecular formula is C35H30Cl4N12O8. The van der Waals surface area contributed by atoms with E-state index in [4.69, 9.17) is 66.9 Å². The topological polar surface area (TPSA) is 295 Å². The van der Waals surface area contributed by atoms with Gasteiger partial charge in [0.25, 0.3) is 22.2 Å². The first-order valence-electron chi connectivity index (χ1n) is 16.9. The number of hydrogen-bond acceptors (Lipinski definition) is 14. The van der Waals surface area contributed by atoms with E-state index in [0.29, 0.717) is 22.3 Å². The molecule has 0 radical (unpaired) electrons. The maximum Gasteiger partial charge on any atom is 0.349 e. The number of halogens is 4. The van der Waals surface area contributed by atoms with E-state index in [1.807, 2.05) is 32.7 Å². The molecule has 4 aromatic heterocycles. The summed E-state index contributed by atoms with van der Waals surface area (Å²) in [5.74, 6) is -0.228. The number of nitrogens with two attached hydrogens (primary N) is 1. The van der Waals surface area contributed by atoms with Crippen LogP contribution in [-0.4, -0.2) is 49.9 Å². The second-order valence-electron chi connectivity index (χ2n) is 13.0. The molecule has 0 atom stereocenters. The molecule has 20 nitrogen and oxygen atoms in total. The summed E-state index contributed by atoms with van der Waals surface area (Å²) in [6.45, 7) is 10.6. The zero-order valence-electron chi connectivity index (χ0n) is 31.4. The summed E-state index contributed by atoms with van der Waals surface area (Å²) >= 11 is 25.4. The van der Waals surface area contributed by atoms with Gasteiger partial charge in [-0.15, -0.1) is 20.4 Å². The summed E-state index contributed by atoms with van der Waals surface area (Å²) < 4.78 is 13.1. The largest absolute Gasteiger partial charge is 0.434 e. The van der Waals surface area contributed by atoms with E-state index in [0.717, 1.165) is 9.36 Å². The molecule has 0 aliphatic heterocycles. The smallest absolute Gasteiger partial charge is 0.349 e. The van der Waals surface area contributed by atoms with Gasteiger partial charge in [-0.3, -0.25) is 29.1 Å². The molecule has 0 fully saturated rings. The number of nitrogens with zero attached hydrogens (tertiary/aromatic N) is 7. The lowest BCUT2D eigenvalue weighted by molar-refractivity contribution is 0.452. The Morgan fingerprint density at radius 1 is 0.661 bits per heavy atom. The van der Waals surface area contributed by atoms with Crippen LogP contribution >= 0.6 is 46.4 Å². The number of nitriles is 1. The minimum absolute atomic E-state index is 0.0121. The molecule has 4 heterocycles. The zero-order valence-corrected chi connectivity index (χ0v) is 34.5. The van der Waals surface area contributed by atoms with Crippen LogP contribution in [0.2, 0.25) is 20.1 Å². The number of hydrogen-bond donors (Lipinski definition) is 5. The van der Waals surface area contributed by atoms with Crippen LogP contribution in [0.1, 0.15) is 67.5 Å². The molecule has 0 aliphatic carbocycles. The summed E-state index contributed by atoms with van der Waals surface area (Å²) in [7, 11) is 0. The van der Waals surface area contributed by atoms with E-state index in [-0.39, 0.29) is 77.7 Å². The van der Waals surface area contributed by atoms with Crippen molar-refractivity contribution < 1.29 is 9.47 Å². The Labute approximate surface area is 350 Å². The molecular weight excluding hydrogens is 858 g/mol. The number of rotatable bonds is 8. The molecule has 0 saturated carbocycles. The number of anilines is 1. The molecule has 0 spiro atoms. The fourth-order valence-electron chi connectivity index (χ4n) is 5.18. The van der Waals surface area contributed by atoms with Crippen molar-refractivity contribution in [1.82, 2.24) is 49.9 Å². The number of nitrogen functional groups attached to an aromatic ring is 1. The fourth-order valence-corrected chi connectivity index (χ4v) is 6.22. The summed E-state index contributed by atoms with van der Waals surface area (Å²) in [5, 5.41) is 29.1. The maximum absolute atomic E-state index is 12.2. The summed E-state index contributed by atoms with van der Waals surface area (Å²) in [6.07, 6.45) is 0. The Morgan fingerprint density at radius 3 is 1.47 bits per heavy atom. The molecule has 59 heavy (non-hydrogen) atoms. The molecule has 0 amide bonds. The van der Waals surface area contributed by atoms with Crippen LogP contribution in [0.25, 0.3) is 11.4 Å². The van der Waals surface area contributed by atoms with Crippen LogP contribution < -0.4 is 48.8 Å². The minimum Gasteiger partial charge on any atom is -0.434 e. The number of ether oxygens (including phenoxy) is 2. The highest BCUT2D eigenvalue weighted by molar-refractivity contribution is 6.38. The Hall–Kier alpha value is -6.53. The standard InChI is InChI=1S/C18H14Cl2N6O4.C17H16Cl2N6O4/c1-7(2)9-4-13(23-24-16(9)27)30-15-10(19)5-12(8(3)14(15)20)26-18(29)22-17(28)11(6-21)25-26;1-6(2)8-4-11(22-23-15(8)26)29-13-9(18)5-10(7(3)12(13)19)25-17(28)21-16(27)14(20)24-25/h4-5,7H,1-3H3,(H,24,27)(H,22,28,29);4-6H,1-3H3,(H2,20,24)(H,23,26)(H,21,27,28). The molecule has 2 aromatic carbocycles. The van der Waals surface area contributed by atoms with Crippen molar-refractivity contribution in [3.8, 4) is 40.7 Å². The number of aromatic nitrogens is 10. The van der Waals surface area contributed by atoms with Crippen molar-refractivity contribution in [2.24, 2.45) is 0 Å². The van der Waals surface area contributed by atoms with Crippen LogP contribution in [0.5, 0.6) is 23.3 Å². The second kappa shape index (κ2) is 17.5. The van der Waals surface area contributed by atoms with Gasteiger partial charge >= 0.3 is 11.4 Å². The molecule has 0 aliphatic rings. The van der Waals surface area contributed by atoms with E-state index in [1.165, 1.54) is 24.3 Å². The first-order chi connectivity index (χ1) is 27.7. The predicted molar refractivity (Wildman–Crippen MR) is 218 cm³/mol. The summed E-state index contributed by atoms with van der Waals surface area (Å²) in [6, 6.07) is 7.31. The average molecular weight is 889 g/mol. The van der Waals surface area contributed by atoms with E-state index >= 15 is 0 Å². The lowest BCUT2D eigenvalue weighted by atomic mass is 10.1. The Balaban J connectivity index is 0.000000224. The molecule has 0 unspecified atom stereocenters. The van der Waals surface area contributed by atoms with E-state index in [2.05, 4.69) is 35.6 Å². The average Bonchev–Trinajstić information content (AvgIpc) is 3.18. The first-order valence-corrected chi connectivity index (χ1v) is 18.4. The van der Waals surface area contributed by atoms with E-state index in [9.17, 15) is 28.8 Å². The highest BCUT2D eigenvalue weighted by Gasteiger charge is 2.22. The first kappa shape index (κ1) is 43.6. The SMILES string of the molecule is Cc1c(-n2nc(C#N)c(=O)[nH]c2=O)cc(Cl)c(Oc2cc(C(C)C)c(=O)[nH]n2)c1Cl.Cc1c(-n2nc(N)c(=O)[nH]c2=O)cc(Cl)c(Oc2cc(C(C)C)c(=O)[nH]n2)c1Cl. The van der Waals surface area contributed by atoms with Gasteiger partial charge in [0.05, 0.1) is 31.5 Å². The van der Waals surface area contributed by atoms with E-state index in [1.54, 1.807) is 19.9 Å². The molecule has 6 aromatic rings. The van der Waals surface area contributed by atoms with Crippen molar-refractivity contribution in [2.75, 3.05) is 5.73 Å². The van der Waals surface area contributed by atoms with Gasteiger partial charge < -0.3 is 15.2 Å². The van der Waals surface area contributed by atoms with Crippen LogP contribution in [-0.2, 0) is 0 Å². The van der Waals surface area contributed by atoms with Gasteiger partial charge in [0.2, 0.25) is 23.3 Å². The molecule has 6 rings (SSSR count). The summed E-state index contributed by atoms with van der Waals surface area (Å²) in [4.78, 5) is 75.0. The van der Waals surface area contributed by atoms with Crippen molar-refractivity contribution in [3.63, 3.8) is 0 Å². The number of nitrogens with one attached hydrogen (secondary N) is 4. The minimum atomic E-state index is -0.904. The lowest BCUT2D eigenvalue weighted by Gasteiger charge is -2.15. The van der Waals surface area contributed by atoms with E-state index < -0.39 is 34.0 Å².